The van der Waals surface area contributed by atoms with Gasteiger partial charge in [-0.05, 0) is 54.4 Å². The van der Waals surface area contributed by atoms with Crippen LogP contribution in [0.15, 0.2) is 60.9 Å². The molecule has 39 heavy (non-hydrogen) atoms. The fourth-order valence-corrected chi connectivity index (χ4v) is 4.51. The van der Waals surface area contributed by atoms with Gasteiger partial charge in [-0.3, -0.25) is 14.5 Å². The summed E-state index contributed by atoms with van der Waals surface area (Å²) in [6.07, 6.45) is -1.38. The van der Waals surface area contributed by atoms with Gasteiger partial charge in [0.15, 0.2) is 0 Å². The molecule has 0 radical (unpaired) electrons. The highest BCUT2D eigenvalue weighted by Crippen LogP contribution is 2.35. The zero-order valence-corrected chi connectivity index (χ0v) is 21.1. The molecule has 202 valence electrons. The summed E-state index contributed by atoms with van der Waals surface area (Å²) >= 11 is 0. The molecule has 0 unspecified atom stereocenters. The lowest BCUT2D eigenvalue weighted by atomic mass is 10.0. The minimum absolute atomic E-state index is 0.0239. The summed E-state index contributed by atoms with van der Waals surface area (Å²) in [7, 11) is 0. The van der Waals surface area contributed by atoms with Crippen LogP contribution in [0.3, 0.4) is 0 Å². The SMILES string of the molecule is Cc1ccc(C(=O)Nc2ccc(CN3CCOCC3)c(C(F)(F)F)c2)cc1NC(=O)c1ccnc2[nH]ccc12. The monoisotopic (exact) mass is 537 g/mol. The summed E-state index contributed by atoms with van der Waals surface area (Å²) in [5.74, 6) is -0.982. The van der Waals surface area contributed by atoms with E-state index in [0.717, 1.165) is 6.07 Å². The second-order valence-corrected chi connectivity index (χ2v) is 9.29. The molecule has 0 saturated carbocycles. The molecule has 0 spiro atoms. The van der Waals surface area contributed by atoms with Gasteiger partial charge in [-0.25, -0.2) is 4.98 Å². The number of aryl methyl sites for hydroxylation is 1. The predicted molar refractivity (Wildman–Crippen MR) is 141 cm³/mol. The Morgan fingerprint density at radius 1 is 1.03 bits per heavy atom. The maximum absolute atomic E-state index is 13.9. The first-order chi connectivity index (χ1) is 18.7. The van der Waals surface area contributed by atoms with Crippen molar-refractivity contribution in [3.8, 4) is 0 Å². The summed E-state index contributed by atoms with van der Waals surface area (Å²) in [5, 5.41) is 6.03. The number of pyridine rings is 1. The van der Waals surface area contributed by atoms with Crippen LogP contribution in [0.4, 0.5) is 24.5 Å². The van der Waals surface area contributed by atoms with Gasteiger partial charge in [-0.15, -0.1) is 0 Å². The lowest BCUT2D eigenvalue weighted by Crippen LogP contribution is -2.36. The average Bonchev–Trinajstić information content (AvgIpc) is 3.40. The number of fused-ring (bicyclic) bond motifs is 1. The van der Waals surface area contributed by atoms with Crippen LogP contribution in [0.25, 0.3) is 11.0 Å². The van der Waals surface area contributed by atoms with E-state index >= 15 is 0 Å². The van der Waals surface area contributed by atoms with Gasteiger partial charge in [0.25, 0.3) is 11.8 Å². The minimum atomic E-state index is -4.58. The number of nitrogens with one attached hydrogen (secondary N) is 3. The van der Waals surface area contributed by atoms with Gasteiger partial charge >= 0.3 is 6.18 Å². The van der Waals surface area contributed by atoms with E-state index < -0.39 is 17.6 Å². The predicted octanol–water partition coefficient (Wildman–Crippen LogP) is 5.23. The fraction of sp³-hybridized carbons (Fsp3) is 0.250. The van der Waals surface area contributed by atoms with E-state index in [4.69, 9.17) is 4.74 Å². The number of halogens is 3. The van der Waals surface area contributed by atoms with Crippen LogP contribution in [0, 0.1) is 6.92 Å². The third-order valence-electron chi connectivity index (χ3n) is 6.62. The Kier molecular flexibility index (Phi) is 7.36. The molecule has 1 fully saturated rings. The van der Waals surface area contributed by atoms with Gasteiger partial charge in [0.2, 0.25) is 0 Å². The molecule has 2 amide bonds. The Labute approximate surface area is 222 Å². The van der Waals surface area contributed by atoms with Crippen molar-refractivity contribution in [3.63, 3.8) is 0 Å². The van der Waals surface area contributed by atoms with E-state index in [1.54, 1.807) is 37.4 Å². The molecule has 2 aromatic heterocycles. The number of benzene rings is 2. The van der Waals surface area contributed by atoms with Gasteiger partial charge in [0.05, 0.1) is 24.3 Å². The molecule has 8 nitrogen and oxygen atoms in total. The Hall–Kier alpha value is -4.22. The number of aromatic amines is 1. The van der Waals surface area contributed by atoms with Crippen LogP contribution in [0.5, 0.6) is 0 Å². The van der Waals surface area contributed by atoms with Crippen LogP contribution in [0.1, 0.15) is 37.4 Å². The Balaban J connectivity index is 1.34. The van der Waals surface area contributed by atoms with Crippen LogP contribution in [0.2, 0.25) is 0 Å². The van der Waals surface area contributed by atoms with E-state index in [-0.39, 0.29) is 29.3 Å². The standard InChI is InChI=1S/C28H26F3N5O3/c1-17-2-3-18(14-24(17)35-27(38)22-7-9-33-25-21(22)6-8-32-25)26(37)34-20-5-4-19(23(15-20)28(29,30)31)16-36-10-12-39-13-11-36/h2-9,14-15H,10-13,16H2,1H3,(H,32,33)(H,34,37)(H,35,38). The van der Waals surface area contributed by atoms with Crippen molar-refractivity contribution in [2.75, 3.05) is 36.9 Å². The number of rotatable bonds is 6. The van der Waals surface area contributed by atoms with E-state index in [1.807, 2.05) is 4.90 Å². The van der Waals surface area contributed by atoms with Crippen molar-refractivity contribution >= 4 is 34.2 Å². The highest BCUT2D eigenvalue weighted by Gasteiger charge is 2.34. The number of nitrogens with zero attached hydrogens (tertiary/aromatic N) is 2. The molecular formula is C28H26F3N5O3. The Morgan fingerprint density at radius 2 is 1.82 bits per heavy atom. The number of carbonyl (C=O) groups excluding carboxylic acids is 2. The molecule has 3 heterocycles. The fourth-order valence-electron chi connectivity index (χ4n) is 4.51. The summed E-state index contributed by atoms with van der Waals surface area (Å²) in [6.45, 7) is 3.98. The second kappa shape index (κ2) is 10.9. The van der Waals surface area contributed by atoms with Crippen molar-refractivity contribution in [2.24, 2.45) is 0 Å². The molecule has 0 atom stereocenters. The Bertz CT molecular complexity index is 1530. The van der Waals surface area contributed by atoms with E-state index in [2.05, 4.69) is 20.6 Å². The zero-order chi connectivity index (χ0) is 27.6. The van der Waals surface area contributed by atoms with Crippen molar-refractivity contribution in [1.82, 2.24) is 14.9 Å². The van der Waals surface area contributed by atoms with Gasteiger partial charge in [-0.1, -0.05) is 12.1 Å². The smallest absolute Gasteiger partial charge is 0.379 e. The molecular weight excluding hydrogens is 511 g/mol. The molecule has 1 saturated heterocycles. The summed E-state index contributed by atoms with van der Waals surface area (Å²) in [4.78, 5) is 35.0. The first-order valence-electron chi connectivity index (χ1n) is 12.3. The lowest BCUT2D eigenvalue weighted by molar-refractivity contribution is -0.138. The highest BCUT2D eigenvalue weighted by atomic mass is 19.4. The van der Waals surface area contributed by atoms with Crippen molar-refractivity contribution in [2.45, 2.75) is 19.6 Å². The van der Waals surface area contributed by atoms with Crippen LogP contribution in [-0.2, 0) is 17.5 Å². The topological polar surface area (TPSA) is 99.4 Å². The van der Waals surface area contributed by atoms with E-state index in [9.17, 15) is 22.8 Å². The number of hydrogen-bond donors (Lipinski definition) is 3. The van der Waals surface area contributed by atoms with Crippen LogP contribution < -0.4 is 10.6 Å². The van der Waals surface area contributed by atoms with Crippen molar-refractivity contribution in [1.29, 1.82) is 0 Å². The van der Waals surface area contributed by atoms with Gasteiger partial charge < -0.3 is 20.4 Å². The van der Waals surface area contributed by atoms with Crippen LogP contribution in [-0.4, -0.2) is 53.0 Å². The number of H-pyrrole nitrogens is 1. The number of hydrogen-bond acceptors (Lipinski definition) is 5. The third kappa shape index (κ3) is 5.94. The number of ether oxygens (including phenoxy) is 1. The Morgan fingerprint density at radius 3 is 2.59 bits per heavy atom. The van der Waals surface area contributed by atoms with Gasteiger partial charge in [-0.2, -0.15) is 13.2 Å². The lowest BCUT2D eigenvalue weighted by Gasteiger charge is -2.27. The normalized spacial score (nSPS) is 14.4. The molecule has 4 aromatic rings. The van der Waals surface area contributed by atoms with Crippen LogP contribution >= 0.6 is 0 Å². The van der Waals surface area contributed by atoms with Crippen molar-refractivity contribution < 1.29 is 27.5 Å². The number of morpholine rings is 1. The molecule has 2 aromatic carbocycles. The minimum Gasteiger partial charge on any atom is -0.379 e. The maximum Gasteiger partial charge on any atom is 0.416 e. The van der Waals surface area contributed by atoms with E-state index in [0.29, 0.717) is 54.2 Å². The maximum atomic E-state index is 13.9. The molecule has 11 heteroatoms. The molecule has 1 aliphatic rings. The number of carbonyl (C=O) groups is 2. The zero-order valence-electron chi connectivity index (χ0n) is 21.1. The average molecular weight is 538 g/mol. The number of amides is 2. The van der Waals surface area contributed by atoms with Gasteiger partial charge in [0, 0.05) is 54.4 Å². The number of aromatic nitrogens is 2. The quantitative estimate of drug-likeness (QED) is 0.313. The molecule has 0 aliphatic carbocycles. The molecule has 0 bridgehead atoms. The molecule has 1 aliphatic heterocycles. The largest absolute Gasteiger partial charge is 0.416 e. The second-order valence-electron chi connectivity index (χ2n) is 9.29. The van der Waals surface area contributed by atoms with Crippen molar-refractivity contribution in [3.05, 3.63) is 88.7 Å². The summed E-state index contributed by atoms with van der Waals surface area (Å²) in [5.41, 5.74) is 1.65. The first-order valence-corrected chi connectivity index (χ1v) is 12.3. The third-order valence-corrected chi connectivity index (χ3v) is 6.62. The number of alkyl halides is 3. The van der Waals surface area contributed by atoms with Gasteiger partial charge in [0.1, 0.15) is 5.65 Å². The molecule has 5 rings (SSSR count). The summed E-state index contributed by atoms with van der Waals surface area (Å²) in [6, 6.07) is 11.9. The first kappa shape index (κ1) is 26.4. The number of anilines is 2. The highest BCUT2D eigenvalue weighted by molar-refractivity contribution is 6.13. The molecule has 3 N–H and O–H groups in total. The summed E-state index contributed by atoms with van der Waals surface area (Å²) < 4.78 is 46.9. The van der Waals surface area contributed by atoms with E-state index in [1.165, 1.54) is 24.4 Å².